The summed E-state index contributed by atoms with van der Waals surface area (Å²) >= 11 is 3.25. The largest absolute Gasteiger partial charge is 0.468 e. The van der Waals surface area contributed by atoms with E-state index in [2.05, 4.69) is 27.6 Å². The maximum absolute atomic E-state index is 11.1. The van der Waals surface area contributed by atoms with Crippen LogP contribution in [0.25, 0.3) is 0 Å². The molecule has 0 aliphatic heterocycles. The van der Waals surface area contributed by atoms with Gasteiger partial charge >= 0.3 is 5.97 Å². The van der Waals surface area contributed by atoms with Crippen molar-refractivity contribution in [1.29, 1.82) is 0 Å². The molecule has 3 nitrogen and oxygen atoms in total. The van der Waals surface area contributed by atoms with Gasteiger partial charge in [0.2, 0.25) is 0 Å². The summed E-state index contributed by atoms with van der Waals surface area (Å²) in [7, 11) is 1.39. The normalized spacial score (nSPS) is 28.5. The molecule has 0 aromatic heterocycles. The third-order valence-electron chi connectivity index (χ3n) is 2.82. The van der Waals surface area contributed by atoms with E-state index >= 15 is 0 Å². The lowest BCUT2D eigenvalue weighted by atomic mass is 9.89. The van der Waals surface area contributed by atoms with Gasteiger partial charge in [0.05, 0.1) is 19.8 Å². The predicted octanol–water partition coefficient (Wildman–Crippen LogP) is 2.52. The quantitative estimate of drug-likeness (QED) is 0.586. The van der Waals surface area contributed by atoms with E-state index in [9.17, 15) is 4.79 Å². The van der Waals surface area contributed by atoms with Gasteiger partial charge in [-0.25, -0.2) is 0 Å². The zero-order valence-electron chi connectivity index (χ0n) is 9.37. The Morgan fingerprint density at radius 3 is 2.87 bits per heavy atom. The topological polar surface area (TPSA) is 35.5 Å². The average Bonchev–Trinajstić information content (AvgIpc) is 2.25. The summed E-state index contributed by atoms with van der Waals surface area (Å²) in [4.78, 5) is 10.8. The van der Waals surface area contributed by atoms with E-state index in [1.807, 2.05) is 0 Å². The van der Waals surface area contributed by atoms with E-state index < -0.39 is 0 Å². The Labute approximate surface area is 99.6 Å². The minimum absolute atomic E-state index is 0.265. The van der Waals surface area contributed by atoms with E-state index in [0.29, 0.717) is 12.7 Å². The number of carbonyl (C=O) groups excluding carboxylic acids is 1. The van der Waals surface area contributed by atoms with Crippen molar-refractivity contribution in [1.82, 2.24) is 0 Å². The number of ether oxygens (including phenoxy) is 2. The maximum Gasteiger partial charge on any atom is 0.321 e. The van der Waals surface area contributed by atoms with Crippen LogP contribution < -0.4 is 0 Å². The summed E-state index contributed by atoms with van der Waals surface area (Å²) < 4.78 is 10.3. The fourth-order valence-corrected chi connectivity index (χ4v) is 2.29. The molecule has 0 aromatic carbocycles. The Morgan fingerprint density at radius 2 is 2.27 bits per heavy atom. The first kappa shape index (κ1) is 13.0. The van der Waals surface area contributed by atoms with Crippen LogP contribution in [-0.2, 0) is 14.3 Å². The summed E-state index contributed by atoms with van der Waals surface area (Å²) in [6.07, 6.45) is 5.08. The van der Waals surface area contributed by atoms with Gasteiger partial charge in [0.1, 0.15) is 4.83 Å². The van der Waals surface area contributed by atoms with Crippen molar-refractivity contribution in [2.45, 2.75) is 43.5 Å². The second-order valence-corrected chi connectivity index (χ2v) is 5.32. The van der Waals surface area contributed by atoms with Crippen LogP contribution in [0.2, 0.25) is 0 Å². The van der Waals surface area contributed by atoms with Crippen molar-refractivity contribution in [3.8, 4) is 0 Å². The highest BCUT2D eigenvalue weighted by Gasteiger charge is 2.22. The minimum atomic E-state index is -0.334. The Kier molecular flexibility index (Phi) is 5.61. The molecule has 1 aliphatic carbocycles. The minimum Gasteiger partial charge on any atom is -0.468 e. The van der Waals surface area contributed by atoms with Gasteiger partial charge in [-0.05, 0) is 18.8 Å². The molecule has 3 unspecified atom stereocenters. The van der Waals surface area contributed by atoms with E-state index in [4.69, 9.17) is 4.74 Å². The van der Waals surface area contributed by atoms with E-state index in [0.717, 1.165) is 18.8 Å². The Hall–Kier alpha value is -0.0900. The standard InChI is InChI=1S/C11H19BrO3/c1-8-4-3-5-9(6-8)15-7-10(12)11(13)14-2/h8-10H,3-7H2,1-2H3. The molecule has 1 rings (SSSR count). The van der Waals surface area contributed by atoms with E-state index in [-0.39, 0.29) is 10.8 Å². The van der Waals surface area contributed by atoms with Gasteiger partial charge in [0.25, 0.3) is 0 Å². The third-order valence-corrected chi connectivity index (χ3v) is 3.46. The second-order valence-electron chi connectivity index (χ2n) is 4.22. The van der Waals surface area contributed by atoms with Crippen molar-refractivity contribution in [2.75, 3.05) is 13.7 Å². The summed E-state index contributed by atoms with van der Waals surface area (Å²) in [5, 5.41) is 0. The molecule has 3 atom stereocenters. The fourth-order valence-electron chi connectivity index (χ4n) is 1.95. The zero-order valence-corrected chi connectivity index (χ0v) is 11.0. The van der Waals surface area contributed by atoms with Crippen LogP contribution >= 0.6 is 15.9 Å². The van der Waals surface area contributed by atoms with Crippen molar-refractivity contribution >= 4 is 21.9 Å². The van der Waals surface area contributed by atoms with Crippen LogP contribution in [0.5, 0.6) is 0 Å². The van der Waals surface area contributed by atoms with Gasteiger partial charge in [-0.1, -0.05) is 35.7 Å². The van der Waals surface area contributed by atoms with Gasteiger partial charge in [0.15, 0.2) is 0 Å². The summed E-state index contributed by atoms with van der Waals surface area (Å²) in [6.45, 7) is 2.66. The molecule has 0 N–H and O–H groups in total. The fraction of sp³-hybridized carbons (Fsp3) is 0.909. The summed E-state index contributed by atoms with van der Waals surface area (Å²) in [5.74, 6) is 0.481. The molecule has 0 heterocycles. The van der Waals surface area contributed by atoms with E-state index in [1.54, 1.807) is 0 Å². The van der Waals surface area contributed by atoms with Gasteiger partial charge < -0.3 is 9.47 Å². The predicted molar refractivity (Wildman–Crippen MR) is 62.1 cm³/mol. The number of alkyl halides is 1. The summed E-state index contributed by atoms with van der Waals surface area (Å²) in [6, 6.07) is 0. The molecule has 0 bridgehead atoms. The first-order chi connectivity index (χ1) is 7.13. The molecule has 15 heavy (non-hydrogen) atoms. The SMILES string of the molecule is COC(=O)C(Br)COC1CCCC(C)C1. The molecule has 0 aromatic rings. The number of hydrogen-bond donors (Lipinski definition) is 0. The summed E-state index contributed by atoms with van der Waals surface area (Å²) in [5.41, 5.74) is 0. The smallest absolute Gasteiger partial charge is 0.321 e. The average molecular weight is 279 g/mol. The lowest BCUT2D eigenvalue weighted by molar-refractivity contribution is -0.141. The van der Waals surface area contributed by atoms with E-state index in [1.165, 1.54) is 20.0 Å². The van der Waals surface area contributed by atoms with Gasteiger partial charge in [-0.3, -0.25) is 4.79 Å². The monoisotopic (exact) mass is 278 g/mol. The van der Waals surface area contributed by atoms with Crippen molar-refractivity contribution in [3.05, 3.63) is 0 Å². The molecule has 0 saturated heterocycles. The highest BCUT2D eigenvalue weighted by molar-refractivity contribution is 9.10. The van der Waals surface area contributed by atoms with Crippen LogP contribution in [0.4, 0.5) is 0 Å². The maximum atomic E-state index is 11.1. The van der Waals surface area contributed by atoms with Crippen molar-refractivity contribution in [3.63, 3.8) is 0 Å². The number of rotatable bonds is 4. The number of halogens is 1. The van der Waals surface area contributed by atoms with Gasteiger partial charge in [-0.15, -0.1) is 0 Å². The number of hydrogen-bond acceptors (Lipinski definition) is 3. The van der Waals surface area contributed by atoms with Crippen molar-refractivity contribution in [2.24, 2.45) is 5.92 Å². The van der Waals surface area contributed by atoms with Crippen LogP contribution in [0.1, 0.15) is 32.6 Å². The van der Waals surface area contributed by atoms with Crippen LogP contribution in [0, 0.1) is 5.92 Å². The second kappa shape index (κ2) is 6.48. The molecule has 1 aliphatic rings. The van der Waals surface area contributed by atoms with Crippen molar-refractivity contribution < 1.29 is 14.3 Å². The molecular formula is C11H19BrO3. The lowest BCUT2D eigenvalue weighted by Gasteiger charge is -2.27. The molecule has 0 spiro atoms. The first-order valence-electron chi connectivity index (χ1n) is 5.47. The van der Waals surface area contributed by atoms with Crippen LogP contribution in [0.15, 0.2) is 0 Å². The van der Waals surface area contributed by atoms with Gasteiger partial charge in [-0.2, -0.15) is 0 Å². The van der Waals surface area contributed by atoms with Crippen LogP contribution in [-0.4, -0.2) is 30.6 Å². The Morgan fingerprint density at radius 1 is 1.53 bits per heavy atom. The Bertz CT molecular complexity index is 208. The first-order valence-corrected chi connectivity index (χ1v) is 6.38. The van der Waals surface area contributed by atoms with Gasteiger partial charge in [0, 0.05) is 0 Å². The molecule has 0 amide bonds. The number of methoxy groups -OCH3 is 1. The molecule has 88 valence electrons. The highest BCUT2D eigenvalue weighted by atomic mass is 79.9. The Balaban J connectivity index is 2.21. The number of carbonyl (C=O) groups is 1. The molecule has 4 heteroatoms. The number of esters is 1. The molecular weight excluding hydrogens is 260 g/mol. The molecule has 1 saturated carbocycles. The molecule has 1 fully saturated rings. The lowest BCUT2D eigenvalue weighted by Crippen LogP contribution is -2.28. The van der Waals surface area contributed by atoms with Crippen LogP contribution in [0.3, 0.4) is 0 Å². The third kappa shape index (κ3) is 4.51. The molecule has 0 radical (unpaired) electrons. The highest BCUT2D eigenvalue weighted by Crippen LogP contribution is 2.26. The zero-order chi connectivity index (χ0) is 11.3.